The number of unbranched alkanes of at least 4 members (excludes halogenated alkanes) is 1. The van der Waals surface area contributed by atoms with Gasteiger partial charge in [-0.25, -0.2) is 9.97 Å². The minimum atomic E-state index is -4.42. The van der Waals surface area contributed by atoms with Crippen molar-refractivity contribution in [3.05, 3.63) is 47.9 Å². The predicted octanol–water partition coefficient (Wildman–Crippen LogP) is 3.77. The molecule has 0 saturated heterocycles. The number of hydrogen-bond donors (Lipinski definition) is 2. The minimum absolute atomic E-state index is 0.149. The van der Waals surface area contributed by atoms with E-state index in [0.29, 0.717) is 6.54 Å². The van der Waals surface area contributed by atoms with Gasteiger partial charge in [-0.1, -0.05) is 19.4 Å². The molecular formula is C16H17F3N4O. The highest BCUT2D eigenvalue weighted by Gasteiger charge is 2.30. The Bertz CT molecular complexity index is 704. The number of carbonyl (C=O) groups is 1. The summed E-state index contributed by atoms with van der Waals surface area (Å²) in [7, 11) is 0. The van der Waals surface area contributed by atoms with E-state index in [9.17, 15) is 18.0 Å². The summed E-state index contributed by atoms with van der Waals surface area (Å²) in [5.41, 5.74) is -0.393. The zero-order valence-corrected chi connectivity index (χ0v) is 13.0. The third-order valence-corrected chi connectivity index (χ3v) is 3.18. The van der Waals surface area contributed by atoms with Crippen molar-refractivity contribution in [3.63, 3.8) is 0 Å². The molecule has 1 aromatic carbocycles. The molecule has 1 aromatic heterocycles. The number of nitrogens with zero attached hydrogens (tertiary/aromatic N) is 2. The van der Waals surface area contributed by atoms with Crippen LogP contribution in [0, 0.1) is 0 Å². The Morgan fingerprint density at radius 3 is 2.71 bits per heavy atom. The van der Waals surface area contributed by atoms with Crippen molar-refractivity contribution in [2.45, 2.75) is 25.9 Å². The van der Waals surface area contributed by atoms with Crippen LogP contribution in [0.5, 0.6) is 0 Å². The first kappa shape index (κ1) is 17.7. The SMILES string of the molecule is CCCCNC(=O)c1cc(Nc2cccc(C(F)(F)F)c2)ncn1. The van der Waals surface area contributed by atoms with E-state index in [-0.39, 0.29) is 23.1 Å². The van der Waals surface area contributed by atoms with Gasteiger partial charge in [0.05, 0.1) is 5.56 Å². The van der Waals surface area contributed by atoms with E-state index in [2.05, 4.69) is 20.6 Å². The third-order valence-electron chi connectivity index (χ3n) is 3.18. The van der Waals surface area contributed by atoms with Crippen LogP contribution >= 0.6 is 0 Å². The maximum atomic E-state index is 12.7. The monoisotopic (exact) mass is 338 g/mol. The number of alkyl halides is 3. The van der Waals surface area contributed by atoms with Gasteiger partial charge in [-0.2, -0.15) is 13.2 Å². The van der Waals surface area contributed by atoms with Gasteiger partial charge in [0.2, 0.25) is 0 Å². The van der Waals surface area contributed by atoms with Crippen molar-refractivity contribution >= 4 is 17.4 Å². The minimum Gasteiger partial charge on any atom is -0.351 e. The summed E-state index contributed by atoms with van der Waals surface area (Å²) in [6.07, 6.45) is -1.43. The molecule has 1 heterocycles. The Balaban J connectivity index is 2.11. The molecule has 5 nitrogen and oxygen atoms in total. The third kappa shape index (κ3) is 4.94. The zero-order valence-electron chi connectivity index (χ0n) is 13.0. The Hall–Kier alpha value is -2.64. The van der Waals surface area contributed by atoms with E-state index in [1.165, 1.54) is 24.5 Å². The van der Waals surface area contributed by atoms with Gasteiger partial charge in [-0.05, 0) is 24.6 Å². The predicted molar refractivity (Wildman–Crippen MR) is 84.0 cm³/mol. The number of nitrogens with one attached hydrogen (secondary N) is 2. The highest BCUT2D eigenvalue weighted by Crippen LogP contribution is 2.31. The fourth-order valence-corrected chi connectivity index (χ4v) is 1.94. The number of hydrogen-bond acceptors (Lipinski definition) is 4. The standard InChI is InChI=1S/C16H17F3N4O/c1-2-3-7-20-15(24)13-9-14(22-10-21-13)23-12-6-4-5-11(8-12)16(17,18)19/h4-6,8-10H,2-3,7H2,1H3,(H,20,24)(H,21,22,23). The Morgan fingerprint density at radius 1 is 1.21 bits per heavy atom. The Labute approximate surface area is 137 Å². The van der Waals surface area contributed by atoms with Crippen LogP contribution in [0.2, 0.25) is 0 Å². The van der Waals surface area contributed by atoms with Gasteiger partial charge in [0.25, 0.3) is 5.91 Å². The Morgan fingerprint density at radius 2 is 2.00 bits per heavy atom. The summed E-state index contributed by atoms with van der Waals surface area (Å²) in [6.45, 7) is 2.55. The molecule has 1 amide bonds. The van der Waals surface area contributed by atoms with E-state index < -0.39 is 11.7 Å². The van der Waals surface area contributed by atoms with Crippen LogP contribution in [0.15, 0.2) is 36.7 Å². The molecule has 2 rings (SSSR count). The van der Waals surface area contributed by atoms with Crippen molar-refractivity contribution in [1.29, 1.82) is 0 Å². The van der Waals surface area contributed by atoms with Gasteiger partial charge < -0.3 is 10.6 Å². The average Bonchev–Trinajstić information content (AvgIpc) is 2.55. The smallest absolute Gasteiger partial charge is 0.351 e. The topological polar surface area (TPSA) is 66.9 Å². The lowest BCUT2D eigenvalue weighted by Crippen LogP contribution is -2.25. The van der Waals surface area contributed by atoms with Crippen LogP contribution in [0.25, 0.3) is 0 Å². The number of anilines is 2. The molecule has 0 aliphatic carbocycles. The van der Waals surface area contributed by atoms with Crippen LogP contribution in [-0.2, 0) is 6.18 Å². The number of aromatic nitrogens is 2. The Kier molecular flexibility index (Phi) is 5.73. The van der Waals surface area contributed by atoms with Crippen molar-refractivity contribution in [2.75, 3.05) is 11.9 Å². The molecule has 0 radical (unpaired) electrons. The normalized spacial score (nSPS) is 11.2. The van der Waals surface area contributed by atoms with Crippen molar-refractivity contribution < 1.29 is 18.0 Å². The fourth-order valence-electron chi connectivity index (χ4n) is 1.94. The number of benzene rings is 1. The first-order valence-electron chi connectivity index (χ1n) is 7.44. The molecule has 2 aromatic rings. The number of carbonyl (C=O) groups excluding carboxylic acids is 1. The number of rotatable bonds is 6. The molecule has 0 unspecified atom stereocenters. The van der Waals surface area contributed by atoms with Gasteiger partial charge in [-0.15, -0.1) is 0 Å². The zero-order chi connectivity index (χ0) is 17.6. The lowest BCUT2D eigenvalue weighted by Gasteiger charge is -2.10. The molecule has 8 heteroatoms. The summed E-state index contributed by atoms with van der Waals surface area (Å²) < 4.78 is 38.2. The van der Waals surface area contributed by atoms with Gasteiger partial charge in [0.1, 0.15) is 17.8 Å². The quantitative estimate of drug-likeness (QED) is 0.787. The maximum Gasteiger partial charge on any atom is 0.416 e. The van der Waals surface area contributed by atoms with E-state index in [4.69, 9.17) is 0 Å². The van der Waals surface area contributed by atoms with E-state index in [1.807, 2.05) is 6.92 Å². The van der Waals surface area contributed by atoms with Crippen molar-refractivity contribution in [3.8, 4) is 0 Å². The summed E-state index contributed by atoms with van der Waals surface area (Å²) >= 11 is 0. The summed E-state index contributed by atoms with van der Waals surface area (Å²) in [6, 6.07) is 6.13. The van der Waals surface area contributed by atoms with Crippen LogP contribution < -0.4 is 10.6 Å². The van der Waals surface area contributed by atoms with Crippen LogP contribution in [-0.4, -0.2) is 22.4 Å². The molecule has 0 aliphatic heterocycles. The molecule has 0 saturated carbocycles. The number of halogens is 3. The molecule has 0 fully saturated rings. The van der Waals surface area contributed by atoms with E-state index in [1.54, 1.807) is 0 Å². The maximum absolute atomic E-state index is 12.7. The fraction of sp³-hybridized carbons (Fsp3) is 0.312. The second-order valence-electron chi connectivity index (χ2n) is 5.10. The molecular weight excluding hydrogens is 321 g/mol. The summed E-state index contributed by atoms with van der Waals surface area (Å²) in [5.74, 6) is -0.108. The lowest BCUT2D eigenvalue weighted by molar-refractivity contribution is -0.137. The van der Waals surface area contributed by atoms with Gasteiger partial charge in [0, 0.05) is 18.3 Å². The molecule has 0 atom stereocenters. The van der Waals surface area contributed by atoms with Gasteiger partial charge in [-0.3, -0.25) is 4.79 Å². The lowest BCUT2D eigenvalue weighted by atomic mass is 10.2. The van der Waals surface area contributed by atoms with Crippen LogP contribution in [0.1, 0.15) is 35.8 Å². The molecule has 0 aliphatic rings. The molecule has 24 heavy (non-hydrogen) atoms. The second-order valence-corrected chi connectivity index (χ2v) is 5.10. The van der Waals surface area contributed by atoms with E-state index in [0.717, 1.165) is 25.0 Å². The summed E-state index contributed by atoms with van der Waals surface area (Å²) in [5, 5.41) is 5.46. The molecule has 0 bridgehead atoms. The van der Waals surface area contributed by atoms with Gasteiger partial charge in [0.15, 0.2) is 0 Å². The molecule has 128 valence electrons. The molecule has 2 N–H and O–H groups in total. The van der Waals surface area contributed by atoms with Crippen molar-refractivity contribution in [1.82, 2.24) is 15.3 Å². The van der Waals surface area contributed by atoms with Crippen LogP contribution in [0.3, 0.4) is 0 Å². The highest BCUT2D eigenvalue weighted by atomic mass is 19.4. The number of amides is 1. The first-order valence-corrected chi connectivity index (χ1v) is 7.44. The second kappa shape index (κ2) is 7.76. The average molecular weight is 338 g/mol. The van der Waals surface area contributed by atoms with Gasteiger partial charge >= 0.3 is 6.18 Å². The highest BCUT2D eigenvalue weighted by molar-refractivity contribution is 5.92. The van der Waals surface area contributed by atoms with E-state index >= 15 is 0 Å². The van der Waals surface area contributed by atoms with Crippen LogP contribution in [0.4, 0.5) is 24.7 Å². The molecule has 0 spiro atoms. The largest absolute Gasteiger partial charge is 0.416 e. The summed E-state index contributed by atoms with van der Waals surface area (Å²) in [4.78, 5) is 19.7. The first-order chi connectivity index (χ1) is 11.4. The van der Waals surface area contributed by atoms with Crippen molar-refractivity contribution in [2.24, 2.45) is 0 Å².